The van der Waals surface area contributed by atoms with E-state index >= 15 is 0 Å². The number of aromatic amines is 1. The molecule has 1 aromatic rings. The quantitative estimate of drug-likeness (QED) is 0.771. The van der Waals surface area contributed by atoms with Crippen molar-refractivity contribution < 1.29 is 9.59 Å². The van der Waals surface area contributed by atoms with Gasteiger partial charge in [-0.15, -0.1) is 0 Å². The van der Waals surface area contributed by atoms with Gasteiger partial charge >= 0.3 is 0 Å². The molecule has 20 heavy (non-hydrogen) atoms. The molecule has 0 spiro atoms. The van der Waals surface area contributed by atoms with E-state index in [1.807, 2.05) is 0 Å². The van der Waals surface area contributed by atoms with Crippen LogP contribution in [0.2, 0.25) is 0 Å². The van der Waals surface area contributed by atoms with Gasteiger partial charge in [-0.2, -0.15) is 15.4 Å². The average Bonchev–Trinajstić information content (AvgIpc) is 3.01. The molecule has 110 valence electrons. The fourth-order valence-electron chi connectivity index (χ4n) is 2.34. The third-order valence-electron chi connectivity index (χ3n) is 3.62. The van der Waals surface area contributed by atoms with Gasteiger partial charge in [0.25, 0.3) is 5.91 Å². The second-order valence-electron chi connectivity index (χ2n) is 5.07. The normalized spacial score (nSPS) is 16.1. The Kier molecular flexibility index (Phi) is 5.09. The monoisotopic (exact) mass is 279 g/mol. The molecule has 7 nitrogen and oxygen atoms in total. The number of likely N-dealkylation sites (tertiary alicyclic amines) is 1. The van der Waals surface area contributed by atoms with Gasteiger partial charge in [-0.05, 0) is 19.3 Å². The minimum Gasteiger partial charge on any atom is -0.356 e. The molecule has 0 aromatic carbocycles. The zero-order valence-corrected chi connectivity index (χ0v) is 11.8. The van der Waals surface area contributed by atoms with Crippen molar-refractivity contribution in [3.05, 3.63) is 11.9 Å². The summed E-state index contributed by atoms with van der Waals surface area (Å²) < 4.78 is 0. The Morgan fingerprint density at radius 2 is 2.20 bits per heavy atom. The van der Waals surface area contributed by atoms with E-state index in [9.17, 15) is 9.59 Å². The highest BCUT2D eigenvalue weighted by molar-refractivity contribution is 5.92. The van der Waals surface area contributed by atoms with Gasteiger partial charge in [0.05, 0.1) is 6.20 Å². The number of nitrogens with one attached hydrogen (secondary N) is 2. The molecule has 0 aliphatic carbocycles. The molecule has 1 aromatic heterocycles. The van der Waals surface area contributed by atoms with Crippen molar-refractivity contribution >= 4 is 11.8 Å². The summed E-state index contributed by atoms with van der Waals surface area (Å²) in [5.41, 5.74) is 0.329. The minimum atomic E-state index is -0.122. The van der Waals surface area contributed by atoms with Gasteiger partial charge < -0.3 is 10.2 Å². The van der Waals surface area contributed by atoms with Crippen molar-refractivity contribution in [3.8, 4) is 0 Å². The summed E-state index contributed by atoms with van der Waals surface area (Å²) in [6.07, 6.45) is 4.93. The van der Waals surface area contributed by atoms with Crippen molar-refractivity contribution in [1.82, 2.24) is 25.6 Å². The van der Waals surface area contributed by atoms with Crippen LogP contribution in [-0.4, -0.2) is 51.8 Å². The van der Waals surface area contributed by atoms with Crippen LogP contribution in [0.5, 0.6) is 0 Å². The Morgan fingerprint density at radius 1 is 1.45 bits per heavy atom. The summed E-state index contributed by atoms with van der Waals surface area (Å²) in [6, 6.07) is 0. The van der Waals surface area contributed by atoms with Gasteiger partial charge in [0.2, 0.25) is 5.91 Å². The van der Waals surface area contributed by atoms with Crippen LogP contribution in [0.4, 0.5) is 0 Å². The first-order valence-corrected chi connectivity index (χ1v) is 7.15. The Hall–Kier alpha value is -1.92. The van der Waals surface area contributed by atoms with E-state index in [1.165, 1.54) is 6.20 Å². The zero-order valence-electron chi connectivity index (χ0n) is 11.8. The topological polar surface area (TPSA) is 91.0 Å². The smallest absolute Gasteiger partial charge is 0.276 e. The lowest BCUT2D eigenvalue weighted by molar-refractivity contribution is -0.126. The van der Waals surface area contributed by atoms with E-state index in [0.29, 0.717) is 31.6 Å². The third-order valence-corrected chi connectivity index (χ3v) is 3.62. The number of nitrogens with zero attached hydrogens (tertiary/aromatic N) is 3. The Morgan fingerprint density at radius 3 is 2.80 bits per heavy atom. The minimum absolute atomic E-state index is 0.0215. The molecule has 0 radical (unpaired) electrons. The molecule has 2 heterocycles. The van der Waals surface area contributed by atoms with Gasteiger partial charge in [-0.3, -0.25) is 9.59 Å². The van der Waals surface area contributed by atoms with Crippen LogP contribution in [0.15, 0.2) is 6.20 Å². The highest BCUT2D eigenvalue weighted by Crippen LogP contribution is 2.18. The van der Waals surface area contributed by atoms with Crippen LogP contribution in [-0.2, 0) is 4.79 Å². The number of hydrogen-bond donors (Lipinski definition) is 2. The number of piperidine rings is 1. The number of rotatable bonds is 5. The number of hydrogen-bond acceptors (Lipinski definition) is 4. The fraction of sp³-hybridized carbons (Fsp3) is 0.692. The van der Waals surface area contributed by atoms with Crippen LogP contribution in [0, 0.1) is 5.92 Å². The Balaban J connectivity index is 1.77. The second kappa shape index (κ2) is 7.02. The molecule has 2 N–H and O–H groups in total. The molecule has 1 aliphatic rings. The largest absolute Gasteiger partial charge is 0.356 e. The van der Waals surface area contributed by atoms with Gasteiger partial charge in [0.1, 0.15) is 0 Å². The maximum atomic E-state index is 12.1. The molecule has 1 aliphatic heterocycles. The molecule has 0 saturated carbocycles. The summed E-state index contributed by atoms with van der Waals surface area (Å²) in [5.74, 6) is 0.0174. The maximum absolute atomic E-state index is 12.1. The number of unbranched alkanes of at least 4 members (excludes halogenated alkanes) is 1. The van der Waals surface area contributed by atoms with Crippen molar-refractivity contribution in [2.75, 3.05) is 19.6 Å². The summed E-state index contributed by atoms with van der Waals surface area (Å²) >= 11 is 0. The first-order chi connectivity index (χ1) is 9.72. The van der Waals surface area contributed by atoms with Crippen LogP contribution in [0.3, 0.4) is 0 Å². The van der Waals surface area contributed by atoms with E-state index in [1.54, 1.807) is 4.90 Å². The van der Waals surface area contributed by atoms with Gasteiger partial charge in [-0.25, -0.2) is 0 Å². The second-order valence-corrected chi connectivity index (χ2v) is 5.07. The molecule has 1 fully saturated rings. The first kappa shape index (κ1) is 14.5. The van der Waals surface area contributed by atoms with E-state index in [0.717, 1.165) is 19.4 Å². The van der Waals surface area contributed by atoms with Crippen molar-refractivity contribution in [2.45, 2.75) is 32.6 Å². The van der Waals surface area contributed by atoms with E-state index in [4.69, 9.17) is 0 Å². The Bertz CT molecular complexity index is 438. The van der Waals surface area contributed by atoms with E-state index in [-0.39, 0.29) is 17.7 Å². The fourth-order valence-corrected chi connectivity index (χ4v) is 2.34. The van der Waals surface area contributed by atoms with Crippen LogP contribution in [0.1, 0.15) is 43.1 Å². The van der Waals surface area contributed by atoms with Crippen LogP contribution in [0.25, 0.3) is 0 Å². The molecular formula is C13H21N5O2. The van der Waals surface area contributed by atoms with Crippen LogP contribution >= 0.6 is 0 Å². The highest BCUT2D eigenvalue weighted by Gasteiger charge is 2.28. The summed E-state index contributed by atoms with van der Waals surface area (Å²) in [7, 11) is 0. The lowest BCUT2D eigenvalue weighted by atomic mass is 9.95. The zero-order chi connectivity index (χ0) is 14.4. The molecule has 0 atom stereocenters. The predicted octanol–water partition coefficient (Wildman–Crippen LogP) is 0.573. The number of H-pyrrole nitrogens is 1. The number of carbonyl (C=O) groups is 2. The van der Waals surface area contributed by atoms with Gasteiger partial charge in [0, 0.05) is 25.6 Å². The van der Waals surface area contributed by atoms with E-state index < -0.39 is 0 Å². The molecule has 7 heteroatoms. The summed E-state index contributed by atoms with van der Waals surface area (Å²) in [6.45, 7) is 4.03. The maximum Gasteiger partial charge on any atom is 0.276 e. The first-order valence-electron chi connectivity index (χ1n) is 7.15. The molecule has 1 saturated heterocycles. The molecule has 0 bridgehead atoms. The van der Waals surface area contributed by atoms with Crippen LogP contribution < -0.4 is 5.32 Å². The van der Waals surface area contributed by atoms with Gasteiger partial charge in [-0.1, -0.05) is 13.3 Å². The molecule has 0 unspecified atom stereocenters. The lowest BCUT2D eigenvalue weighted by Crippen LogP contribution is -2.43. The molecule has 2 amide bonds. The highest BCUT2D eigenvalue weighted by atomic mass is 16.2. The standard InChI is InChI=1S/C13H21N5O2/c1-2-3-6-14-12(19)10-4-7-18(8-5-10)13(20)11-9-15-17-16-11/h9-10H,2-8H2,1H3,(H,14,19)(H,15,16,17). The van der Waals surface area contributed by atoms with Gasteiger partial charge in [0.15, 0.2) is 5.69 Å². The van der Waals surface area contributed by atoms with E-state index in [2.05, 4.69) is 27.7 Å². The number of carbonyl (C=O) groups excluding carboxylic acids is 2. The molecule has 2 rings (SSSR count). The van der Waals surface area contributed by atoms with Crippen molar-refractivity contribution in [2.24, 2.45) is 5.92 Å². The third kappa shape index (κ3) is 3.55. The number of aromatic nitrogens is 3. The average molecular weight is 279 g/mol. The number of amides is 2. The SMILES string of the molecule is CCCCNC(=O)C1CCN(C(=O)c2cn[nH]n2)CC1. The summed E-state index contributed by atoms with van der Waals surface area (Å²) in [5, 5.41) is 12.8. The summed E-state index contributed by atoms with van der Waals surface area (Å²) in [4.78, 5) is 25.7. The predicted molar refractivity (Wildman–Crippen MR) is 72.9 cm³/mol. The van der Waals surface area contributed by atoms with Crippen molar-refractivity contribution in [1.29, 1.82) is 0 Å². The Labute approximate surface area is 118 Å². The lowest BCUT2D eigenvalue weighted by Gasteiger charge is -2.30. The van der Waals surface area contributed by atoms with Crippen molar-refractivity contribution in [3.63, 3.8) is 0 Å². The molecular weight excluding hydrogens is 258 g/mol.